The van der Waals surface area contributed by atoms with Crippen LogP contribution < -0.4 is 5.32 Å². The summed E-state index contributed by atoms with van der Waals surface area (Å²) in [6, 6.07) is 5.51. The molecule has 92 valence electrons. The molecule has 5 heteroatoms. The molecule has 0 heterocycles. The Morgan fingerprint density at radius 3 is 2.88 bits per heavy atom. The van der Waals surface area contributed by atoms with Crippen LogP contribution in [0.4, 0.5) is 0 Å². The Kier molecular flexibility index (Phi) is 6.92. The minimum atomic E-state index is -0.0522. The van der Waals surface area contributed by atoms with Crippen LogP contribution in [0.25, 0.3) is 0 Å². The van der Waals surface area contributed by atoms with Gasteiger partial charge in [0.05, 0.1) is 5.56 Å². The van der Waals surface area contributed by atoms with Crippen molar-refractivity contribution >= 4 is 49.5 Å². The molecular weight excluding hydrogens is 366 g/mol. The van der Waals surface area contributed by atoms with E-state index in [1.54, 1.807) is 17.8 Å². The molecule has 1 N–H and O–H groups in total. The van der Waals surface area contributed by atoms with E-state index >= 15 is 0 Å². The standard InChI is InChI=1S/C12H13Br2NOS/c1-2-6-17-7-5-15-12(16)10-4-3-9(13)8-11(10)14/h2-4,8H,1,5-7H2,(H,15,16). The highest BCUT2D eigenvalue weighted by molar-refractivity contribution is 9.11. The monoisotopic (exact) mass is 377 g/mol. The van der Waals surface area contributed by atoms with Crippen LogP contribution >= 0.6 is 43.6 Å². The molecule has 0 aromatic heterocycles. The van der Waals surface area contributed by atoms with Crippen molar-refractivity contribution in [3.8, 4) is 0 Å². The molecule has 1 rings (SSSR count). The molecule has 0 atom stereocenters. The Labute approximate surface area is 123 Å². The quantitative estimate of drug-likeness (QED) is 0.601. The molecule has 17 heavy (non-hydrogen) atoms. The zero-order chi connectivity index (χ0) is 12.7. The van der Waals surface area contributed by atoms with Gasteiger partial charge in [-0.05, 0) is 34.1 Å². The Balaban J connectivity index is 2.44. The van der Waals surface area contributed by atoms with Gasteiger partial charge in [0.15, 0.2) is 0 Å². The van der Waals surface area contributed by atoms with Crippen molar-refractivity contribution in [1.82, 2.24) is 5.32 Å². The van der Waals surface area contributed by atoms with Gasteiger partial charge in [0.2, 0.25) is 0 Å². The maximum absolute atomic E-state index is 11.8. The molecule has 0 unspecified atom stereocenters. The van der Waals surface area contributed by atoms with Gasteiger partial charge in [-0.1, -0.05) is 22.0 Å². The average molecular weight is 379 g/mol. The maximum Gasteiger partial charge on any atom is 0.252 e. The van der Waals surface area contributed by atoms with Crippen molar-refractivity contribution in [3.05, 3.63) is 45.4 Å². The largest absolute Gasteiger partial charge is 0.351 e. The van der Waals surface area contributed by atoms with E-state index in [4.69, 9.17) is 0 Å². The SMILES string of the molecule is C=CCSCCNC(=O)c1ccc(Br)cc1Br. The van der Waals surface area contributed by atoms with Gasteiger partial charge in [-0.25, -0.2) is 0 Å². The summed E-state index contributed by atoms with van der Waals surface area (Å²) in [6.45, 7) is 4.31. The molecule has 0 saturated carbocycles. The van der Waals surface area contributed by atoms with E-state index in [1.807, 2.05) is 18.2 Å². The summed E-state index contributed by atoms with van der Waals surface area (Å²) in [7, 11) is 0. The first kappa shape index (κ1) is 14.8. The van der Waals surface area contributed by atoms with Gasteiger partial charge < -0.3 is 5.32 Å². The topological polar surface area (TPSA) is 29.1 Å². The van der Waals surface area contributed by atoms with Crippen LogP contribution in [-0.4, -0.2) is 24.0 Å². The van der Waals surface area contributed by atoms with E-state index in [0.29, 0.717) is 12.1 Å². The highest BCUT2D eigenvalue weighted by Crippen LogP contribution is 2.21. The van der Waals surface area contributed by atoms with Crippen LogP contribution in [0.5, 0.6) is 0 Å². The second-order valence-corrected chi connectivity index (χ2v) is 6.16. The number of thioether (sulfide) groups is 1. The number of carbonyl (C=O) groups excluding carboxylic acids is 1. The van der Waals surface area contributed by atoms with Crippen molar-refractivity contribution in [2.24, 2.45) is 0 Å². The van der Waals surface area contributed by atoms with Crippen molar-refractivity contribution in [3.63, 3.8) is 0 Å². The van der Waals surface area contributed by atoms with Gasteiger partial charge in [-0.2, -0.15) is 11.8 Å². The number of hydrogen-bond acceptors (Lipinski definition) is 2. The highest BCUT2D eigenvalue weighted by Gasteiger charge is 2.09. The van der Waals surface area contributed by atoms with Crippen LogP contribution in [0.2, 0.25) is 0 Å². The summed E-state index contributed by atoms with van der Waals surface area (Å²) in [6.07, 6.45) is 1.86. The molecular formula is C12H13Br2NOS. The molecule has 0 radical (unpaired) electrons. The third kappa shape index (κ3) is 5.27. The highest BCUT2D eigenvalue weighted by atomic mass is 79.9. The predicted octanol–water partition coefficient (Wildman–Crippen LogP) is 3.86. The number of halogens is 2. The Hall–Kier alpha value is -0.260. The van der Waals surface area contributed by atoms with E-state index < -0.39 is 0 Å². The number of rotatable bonds is 6. The van der Waals surface area contributed by atoms with E-state index in [0.717, 1.165) is 20.5 Å². The third-order valence-corrected chi connectivity index (χ3v) is 4.06. The number of benzene rings is 1. The number of nitrogens with one attached hydrogen (secondary N) is 1. The lowest BCUT2D eigenvalue weighted by atomic mass is 10.2. The molecule has 1 amide bonds. The molecule has 0 aliphatic heterocycles. The van der Waals surface area contributed by atoms with E-state index in [9.17, 15) is 4.79 Å². The van der Waals surface area contributed by atoms with Crippen LogP contribution in [0, 0.1) is 0 Å². The minimum absolute atomic E-state index is 0.0522. The summed E-state index contributed by atoms with van der Waals surface area (Å²) >= 11 is 8.47. The molecule has 0 saturated heterocycles. The Morgan fingerprint density at radius 1 is 1.47 bits per heavy atom. The van der Waals surface area contributed by atoms with Gasteiger partial charge in [0, 0.05) is 27.0 Å². The van der Waals surface area contributed by atoms with Gasteiger partial charge in [-0.3, -0.25) is 4.79 Å². The second kappa shape index (κ2) is 7.95. The molecule has 0 spiro atoms. The van der Waals surface area contributed by atoms with Gasteiger partial charge in [0.25, 0.3) is 5.91 Å². The van der Waals surface area contributed by atoms with Crippen LogP contribution in [0.1, 0.15) is 10.4 Å². The van der Waals surface area contributed by atoms with Crippen LogP contribution in [0.15, 0.2) is 39.8 Å². The molecule has 1 aromatic rings. The first-order valence-electron chi connectivity index (χ1n) is 5.07. The summed E-state index contributed by atoms with van der Waals surface area (Å²) in [5.41, 5.74) is 0.655. The number of carbonyl (C=O) groups is 1. The Morgan fingerprint density at radius 2 is 2.24 bits per heavy atom. The fourth-order valence-electron chi connectivity index (χ4n) is 1.17. The lowest BCUT2D eigenvalue weighted by molar-refractivity contribution is 0.0955. The summed E-state index contributed by atoms with van der Waals surface area (Å²) in [5, 5.41) is 2.88. The lowest BCUT2D eigenvalue weighted by Gasteiger charge is -2.06. The van der Waals surface area contributed by atoms with Gasteiger partial charge in [0.1, 0.15) is 0 Å². The second-order valence-electron chi connectivity index (χ2n) is 3.24. The smallest absolute Gasteiger partial charge is 0.252 e. The zero-order valence-electron chi connectivity index (χ0n) is 9.21. The molecule has 0 aliphatic carbocycles. The normalized spacial score (nSPS) is 10.0. The van der Waals surface area contributed by atoms with Crippen molar-refractivity contribution < 1.29 is 4.79 Å². The Bertz CT molecular complexity index is 409. The number of amides is 1. The summed E-state index contributed by atoms with van der Waals surface area (Å²) in [4.78, 5) is 11.8. The molecule has 2 nitrogen and oxygen atoms in total. The first-order valence-corrected chi connectivity index (χ1v) is 7.81. The maximum atomic E-state index is 11.8. The average Bonchev–Trinajstić information content (AvgIpc) is 2.28. The molecule has 0 aliphatic rings. The zero-order valence-corrected chi connectivity index (χ0v) is 13.2. The molecule has 0 bridgehead atoms. The minimum Gasteiger partial charge on any atom is -0.351 e. The van der Waals surface area contributed by atoms with Gasteiger partial charge >= 0.3 is 0 Å². The fraction of sp³-hybridized carbons (Fsp3) is 0.250. The third-order valence-electron chi connectivity index (χ3n) is 1.94. The predicted molar refractivity (Wildman–Crippen MR) is 81.7 cm³/mol. The van der Waals surface area contributed by atoms with Gasteiger partial charge in [-0.15, -0.1) is 6.58 Å². The van der Waals surface area contributed by atoms with Crippen LogP contribution in [-0.2, 0) is 0 Å². The first-order chi connectivity index (χ1) is 8.15. The fourth-order valence-corrected chi connectivity index (χ4v) is 2.98. The van der Waals surface area contributed by atoms with Crippen molar-refractivity contribution in [2.75, 3.05) is 18.1 Å². The van der Waals surface area contributed by atoms with E-state index in [1.165, 1.54) is 0 Å². The van der Waals surface area contributed by atoms with Crippen molar-refractivity contribution in [2.45, 2.75) is 0 Å². The molecule has 0 fully saturated rings. The number of hydrogen-bond donors (Lipinski definition) is 1. The van der Waals surface area contributed by atoms with Crippen LogP contribution in [0.3, 0.4) is 0 Å². The summed E-state index contributed by atoms with van der Waals surface area (Å²) in [5.74, 6) is 1.76. The summed E-state index contributed by atoms with van der Waals surface area (Å²) < 4.78 is 1.74. The van der Waals surface area contributed by atoms with Crippen molar-refractivity contribution in [1.29, 1.82) is 0 Å². The lowest BCUT2D eigenvalue weighted by Crippen LogP contribution is -2.26. The van der Waals surface area contributed by atoms with E-state index in [-0.39, 0.29) is 5.91 Å². The molecule has 1 aromatic carbocycles. The van der Waals surface area contributed by atoms with E-state index in [2.05, 4.69) is 43.8 Å².